The van der Waals surface area contributed by atoms with Crippen LogP contribution in [0.25, 0.3) is 11.0 Å². The van der Waals surface area contributed by atoms with Crippen molar-refractivity contribution in [1.82, 2.24) is 14.8 Å². The van der Waals surface area contributed by atoms with Crippen LogP contribution in [-0.2, 0) is 11.3 Å². The van der Waals surface area contributed by atoms with Crippen molar-refractivity contribution < 1.29 is 9.53 Å². The summed E-state index contributed by atoms with van der Waals surface area (Å²) in [5, 5.41) is 5.26. The average Bonchev–Trinajstić information content (AvgIpc) is 2.66. The minimum absolute atomic E-state index is 0.342. The summed E-state index contributed by atoms with van der Waals surface area (Å²) in [6.07, 6.45) is 1.54. The molecule has 0 aliphatic heterocycles. The van der Waals surface area contributed by atoms with E-state index in [4.69, 9.17) is 4.74 Å². The maximum Gasteiger partial charge on any atom is 0.339 e. The number of aromatic nitrogens is 3. The maximum atomic E-state index is 11.6. The number of carbonyl (C=O) groups is 1. The molecule has 0 fully saturated rings. The zero-order valence-electron chi connectivity index (χ0n) is 10.2. The second-order valence-corrected chi connectivity index (χ2v) is 3.72. The van der Waals surface area contributed by atoms with Crippen LogP contribution in [-0.4, -0.2) is 27.3 Å². The van der Waals surface area contributed by atoms with Gasteiger partial charge in [0, 0.05) is 18.1 Å². The Morgan fingerprint density at radius 3 is 2.88 bits per heavy atom. The van der Waals surface area contributed by atoms with Gasteiger partial charge in [-0.25, -0.2) is 14.5 Å². The Balaban J connectivity index is 2.50. The summed E-state index contributed by atoms with van der Waals surface area (Å²) in [4.78, 5) is 15.9. The van der Waals surface area contributed by atoms with Gasteiger partial charge in [0.05, 0.1) is 17.9 Å². The molecule has 5 nitrogen and oxygen atoms in total. The van der Waals surface area contributed by atoms with Gasteiger partial charge in [-0.3, -0.25) is 0 Å². The van der Waals surface area contributed by atoms with Crippen LogP contribution in [0, 0.1) is 6.92 Å². The Morgan fingerprint density at radius 2 is 2.24 bits per heavy atom. The number of hydrogen-bond acceptors (Lipinski definition) is 4. The highest BCUT2D eigenvalue weighted by molar-refractivity contribution is 5.93. The van der Waals surface area contributed by atoms with Gasteiger partial charge in [0.25, 0.3) is 0 Å². The number of hydrogen-bond donors (Lipinski definition) is 0. The molecular formula is C12H15N3O2. The van der Waals surface area contributed by atoms with E-state index in [0.29, 0.717) is 12.2 Å². The molecule has 2 rings (SSSR count). The van der Waals surface area contributed by atoms with E-state index in [1.165, 1.54) is 6.20 Å². The summed E-state index contributed by atoms with van der Waals surface area (Å²) in [5.41, 5.74) is 2.15. The Hall–Kier alpha value is -1.91. The first-order valence-corrected chi connectivity index (χ1v) is 5.67. The highest BCUT2D eigenvalue weighted by Gasteiger charge is 2.12. The van der Waals surface area contributed by atoms with E-state index >= 15 is 0 Å². The Labute approximate surface area is 99.4 Å². The van der Waals surface area contributed by atoms with Gasteiger partial charge in [0.2, 0.25) is 0 Å². The van der Waals surface area contributed by atoms with Crippen molar-refractivity contribution in [2.75, 3.05) is 6.61 Å². The summed E-state index contributed by atoms with van der Waals surface area (Å²) < 4.78 is 6.76. The van der Waals surface area contributed by atoms with E-state index in [1.807, 2.05) is 18.5 Å². The van der Waals surface area contributed by atoms with E-state index in [0.717, 1.165) is 23.3 Å². The van der Waals surface area contributed by atoms with E-state index in [-0.39, 0.29) is 5.97 Å². The zero-order chi connectivity index (χ0) is 12.4. The molecule has 0 aliphatic carbocycles. The summed E-state index contributed by atoms with van der Waals surface area (Å²) in [5.74, 6) is -0.342. The van der Waals surface area contributed by atoms with Gasteiger partial charge >= 0.3 is 5.97 Å². The molecule has 2 aromatic rings. The summed E-state index contributed by atoms with van der Waals surface area (Å²) in [7, 11) is 0. The van der Waals surface area contributed by atoms with Gasteiger partial charge in [-0.15, -0.1) is 0 Å². The molecule has 5 heteroatoms. The van der Waals surface area contributed by atoms with E-state index in [2.05, 4.69) is 10.1 Å². The second kappa shape index (κ2) is 4.53. The van der Waals surface area contributed by atoms with Crippen molar-refractivity contribution >= 4 is 17.0 Å². The summed E-state index contributed by atoms with van der Waals surface area (Å²) in [6, 6.07) is 1.79. The van der Waals surface area contributed by atoms with Crippen molar-refractivity contribution in [2.45, 2.75) is 27.3 Å². The molecule has 2 heterocycles. The minimum atomic E-state index is -0.342. The van der Waals surface area contributed by atoms with E-state index in [1.54, 1.807) is 13.0 Å². The van der Waals surface area contributed by atoms with Crippen molar-refractivity contribution in [3.63, 3.8) is 0 Å². The van der Waals surface area contributed by atoms with Gasteiger partial charge in [-0.1, -0.05) is 0 Å². The highest BCUT2D eigenvalue weighted by atomic mass is 16.5. The number of pyridine rings is 1. The predicted octanol–water partition coefficient (Wildman–Crippen LogP) is 1.94. The fraction of sp³-hybridized carbons (Fsp3) is 0.417. The first-order valence-electron chi connectivity index (χ1n) is 5.67. The van der Waals surface area contributed by atoms with Crippen LogP contribution in [0.2, 0.25) is 0 Å². The lowest BCUT2D eigenvalue weighted by Gasteiger charge is -2.01. The molecule has 2 aromatic heterocycles. The molecule has 90 valence electrons. The molecule has 0 atom stereocenters. The number of fused-ring (bicyclic) bond motifs is 1. The van der Waals surface area contributed by atoms with Crippen LogP contribution in [0.4, 0.5) is 0 Å². The summed E-state index contributed by atoms with van der Waals surface area (Å²) in [6.45, 7) is 6.82. The fourth-order valence-corrected chi connectivity index (χ4v) is 1.76. The molecule has 0 bridgehead atoms. The van der Waals surface area contributed by atoms with E-state index in [9.17, 15) is 4.79 Å². The molecular weight excluding hydrogens is 218 g/mol. The quantitative estimate of drug-likeness (QED) is 0.760. The van der Waals surface area contributed by atoms with Crippen LogP contribution < -0.4 is 0 Å². The smallest absolute Gasteiger partial charge is 0.339 e. The summed E-state index contributed by atoms with van der Waals surface area (Å²) >= 11 is 0. The van der Waals surface area contributed by atoms with Crippen LogP contribution in [0.1, 0.15) is 29.9 Å². The number of ether oxygens (including phenoxy) is 1. The van der Waals surface area contributed by atoms with Crippen molar-refractivity contribution in [3.05, 3.63) is 23.5 Å². The topological polar surface area (TPSA) is 57.0 Å². The molecule has 0 saturated heterocycles. The van der Waals surface area contributed by atoms with Crippen molar-refractivity contribution in [1.29, 1.82) is 0 Å². The van der Waals surface area contributed by atoms with Gasteiger partial charge in [-0.2, -0.15) is 5.10 Å². The molecule has 17 heavy (non-hydrogen) atoms. The van der Waals surface area contributed by atoms with Crippen molar-refractivity contribution in [3.8, 4) is 0 Å². The lowest BCUT2D eigenvalue weighted by molar-refractivity contribution is 0.0526. The Morgan fingerprint density at radius 1 is 1.47 bits per heavy atom. The lowest BCUT2D eigenvalue weighted by Crippen LogP contribution is -2.05. The van der Waals surface area contributed by atoms with Crippen LogP contribution >= 0.6 is 0 Å². The zero-order valence-corrected chi connectivity index (χ0v) is 10.2. The largest absolute Gasteiger partial charge is 0.462 e. The fourth-order valence-electron chi connectivity index (χ4n) is 1.76. The van der Waals surface area contributed by atoms with Crippen LogP contribution in [0.3, 0.4) is 0 Å². The van der Waals surface area contributed by atoms with Crippen LogP contribution in [0.15, 0.2) is 12.3 Å². The number of rotatable bonds is 3. The first kappa shape index (κ1) is 11.6. The SMILES string of the molecule is CCOC(=O)c1cnc2c(c1)c(C)nn2CC. The van der Waals surface area contributed by atoms with Gasteiger partial charge in [-0.05, 0) is 26.8 Å². The maximum absolute atomic E-state index is 11.6. The average molecular weight is 233 g/mol. The normalized spacial score (nSPS) is 10.8. The van der Waals surface area contributed by atoms with E-state index < -0.39 is 0 Å². The molecule has 0 unspecified atom stereocenters. The first-order chi connectivity index (χ1) is 8.17. The number of aryl methyl sites for hydroxylation is 2. The lowest BCUT2D eigenvalue weighted by atomic mass is 10.2. The minimum Gasteiger partial charge on any atom is -0.462 e. The third kappa shape index (κ3) is 2.00. The Bertz CT molecular complexity index is 560. The Kier molecular flexibility index (Phi) is 3.08. The number of nitrogens with zero attached hydrogens (tertiary/aromatic N) is 3. The second-order valence-electron chi connectivity index (χ2n) is 3.72. The highest BCUT2D eigenvalue weighted by Crippen LogP contribution is 2.17. The third-order valence-corrected chi connectivity index (χ3v) is 2.58. The van der Waals surface area contributed by atoms with Gasteiger partial charge < -0.3 is 4.74 Å². The molecule has 0 N–H and O–H groups in total. The molecule has 0 amide bonds. The molecule has 0 radical (unpaired) electrons. The molecule has 0 aliphatic rings. The standard InChI is InChI=1S/C12H15N3O2/c1-4-15-11-10(8(3)14-15)6-9(7-13-11)12(16)17-5-2/h6-7H,4-5H2,1-3H3. The molecule has 0 spiro atoms. The third-order valence-electron chi connectivity index (χ3n) is 2.58. The number of esters is 1. The van der Waals surface area contributed by atoms with Crippen LogP contribution in [0.5, 0.6) is 0 Å². The van der Waals surface area contributed by atoms with Gasteiger partial charge in [0.1, 0.15) is 0 Å². The molecule has 0 saturated carbocycles. The monoisotopic (exact) mass is 233 g/mol. The molecule has 0 aromatic carbocycles. The number of carbonyl (C=O) groups excluding carboxylic acids is 1. The van der Waals surface area contributed by atoms with Gasteiger partial charge in [0.15, 0.2) is 5.65 Å². The predicted molar refractivity (Wildman–Crippen MR) is 63.9 cm³/mol. The van der Waals surface area contributed by atoms with Crippen molar-refractivity contribution in [2.24, 2.45) is 0 Å².